The van der Waals surface area contributed by atoms with Crippen LogP contribution in [0.2, 0.25) is 0 Å². The van der Waals surface area contributed by atoms with Gasteiger partial charge in [-0.25, -0.2) is 4.98 Å². The number of aromatic nitrogens is 2. The second kappa shape index (κ2) is 6.75. The second-order valence-corrected chi connectivity index (χ2v) is 6.87. The third-order valence-electron chi connectivity index (χ3n) is 4.89. The smallest absolute Gasteiger partial charge is 0.111 e. The normalized spacial score (nSPS) is 27.8. The molecule has 0 aromatic carbocycles. The summed E-state index contributed by atoms with van der Waals surface area (Å²) >= 11 is 0. The van der Waals surface area contributed by atoms with Crippen molar-refractivity contribution in [2.45, 2.75) is 77.9 Å². The molecule has 20 heavy (non-hydrogen) atoms. The van der Waals surface area contributed by atoms with Crippen LogP contribution in [0.25, 0.3) is 0 Å². The van der Waals surface area contributed by atoms with Crippen LogP contribution < -0.4 is 0 Å². The predicted molar refractivity (Wildman–Crippen MR) is 82.6 cm³/mol. The Morgan fingerprint density at radius 1 is 1.40 bits per heavy atom. The lowest BCUT2D eigenvalue weighted by Crippen LogP contribution is -2.32. The van der Waals surface area contributed by atoms with Gasteiger partial charge >= 0.3 is 0 Å². The van der Waals surface area contributed by atoms with Crippen molar-refractivity contribution in [3.8, 4) is 0 Å². The summed E-state index contributed by atoms with van der Waals surface area (Å²) in [4.78, 5) is 4.46. The minimum atomic E-state index is -0.541. The van der Waals surface area contributed by atoms with E-state index in [9.17, 15) is 5.11 Å². The van der Waals surface area contributed by atoms with Gasteiger partial charge in [-0.1, -0.05) is 33.6 Å². The third-order valence-corrected chi connectivity index (χ3v) is 4.89. The van der Waals surface area contributed by atoms with Gasteiger partial charge in [0.15, 0.2) is 0 Å². The van der Waals surface area contributed by atoms with Crippen molar-refractivity contribution in [1.29, 1.82) is 0 Å². The first-order chi connectivity index (χ1) is 9.54. The first-order valence-corrected chi connectivity index (χ1v) is 8.26. The molecule has 3 heteroatoms. The molecule has 0 amide bonds. The summed E-state index contributed by atoms with van der Waals surface area (Å²) in [5.41, 5.74) is -0.541. The number of rotatable bonds is 5. The van der Waals surface area contributed by atoms with Gasteiger partial charge in [-0.2, -0.15) is 0 Å². The molecular formula is C17H30N2O. The summed E-state index contributed by atoms with van der Waals surface area (Å²) in [5.74, 6) is 2.57. The largest absolute Gasteiger partial charge is 0.389 e. The Hall–Kier alpha value is -0.830. The van der Waals surface area contributed by atoms with Crippen LogP contribution >= 0.6 is 0 Å². The van der Waals surface area contributed by atoms with Crippen molar-refractivity contribution in [3.63, 3.8) is 0 Å². The highest BCUT2D eigenvalue weighted by atomic mass is 16.3. The molecule has 1 aliphatic rings. The second-order valence-electron chi connectivity index (χ2n) is 6.87. The van der Waals surface area contributed by atoms with E-state index in [-0.39, 0.29) is 0 Å². The van der Waals surface area contributed by atoms with Crippen LogP contribution in [0.15, 0.2) is 12.4 Å². The molecule has 1 fully saturated rings. The summed E-state index contributed by atoms with van der Waals surface area (Å²) in [7, 11) is 0. The maximum Gasteiger partial charge on any atom is 0.111 e. The monoisotopic (exact) mass is 278 g/mol. The van der Waals surface area contributed by atoms with Crippen molar-refractivity contribution < 1.29 is 5.11 Å². The minimum Gasteiger partial charge on any atom is -0.389 e. The zero-order valence-corrected chi connectivity index (χ0v) is 13.3. The summed E-state index contributed by atoms with van der Waals surface area (Å²) in [5, 5.41) is 11.0. The first-order valence-electron chi connectivity index (χ1n) is 8.26. The van der Waals surface area contributed by atoms with Crippen molar-refractivity contribution in [2.24, 2.45) is 11.8 Å². The Morgan fingerprint density at radius 3 is 2.90 bits per heavy atom. The van der Waals surface area contributed by atoms with Gasteiger partial charge in [-0.3, -0.25) is 0 Å². The number of hydrogen-bond acceptors (Lipinski definition) is 2. The molecule has 0 saturated heterocycles. The van der Waals surface area contributed by atoms with Gasteiger partial charge < -0.3 is 9.67 Å². The average Bonchev–Trinajstić information content (AvgIpc) is 2.70. The van der Waals surface area contributed by atoms with Crippen molar-refractivity contribution in [1.82, 2.24) is 9.55 Å². The third kappa shape index (κ3) is 3.85. The molecule has 1 N–H and O–H groups in total. The SMILES string of the molecule is CCCn1ccnc1CC1(O)CCCC(C(C)C)CC1. The van der Waals surface area contributed by atoms with Gasteiger partial charge in [0.1, 0.15) is 5.82 Å². The number of imidazole rings is 1. The Morgan fingerprint density at radius 2 is 2.20 bits per heavy atom. The highest BCUT2D eigenvalue weighted by Gasteiger charge is 2.33. The molecule has 114 valence electrons. The molecule has 1 aromatic rings. The summed E-state index contributed by atoms with van der Waals surface area (Å²) < 4.78 is 2.20. The van der Waals surface area contributed by atoms with E-state index in [1.54, 1.807) is 0 Å². The lowest BCUT2D eigenvalue weighted by atomic mass is 9.87. The van der Waals surface area contributed by atoms with E-state index in [1.807, 2.05) is 12.4 Å². The first kappa shape index (κ1) is 15.6. The molecule has 3 nitrogen and oxygen atoms in total. The number of aryl methyl sites for hydroxylation is 1. The van der Waals surface area contributed by atoms with Crippen molar-refractivity contribution in [2.75, 3.05) is 0 Å². The highest BCUT2D eigenvalue weighted by molar-refractivity contribution is 5.00. The highest BCUT2D eigenvalue weighted by Crippen LogP contribution is 2.35. The lowest BCUT2D eigenvalue weighted by molar-refractivity contribution is 0.0210. The minimum absolute atomic E-state index is 0.541. The van der Waals surface area contributed by atoms with Crippen LogP contribution in [0.5, 0.6) is 0 Å². The zero-order chi connectivity index (χ0) is 14.6. The van der Waals surface area contributed by atoms with Crippen molar-refractivity contribution in [3.05, 3.63) is 18.2 Å². The fourth-order valence-corrected chi connectivity index (χ4v) is 3.51. The van der Waals surface area contributed by atoms with Gasteiger partial charge in [0, 0.05) is 25.4 Å². The van der Waals surface area contributed by atoms with E-state index in [2.05, 4.69) is 30.3 Å². The lowest BCUT2D eigenvalue weighted by Gasteiger charge is -2.27. The molecule has 2 atom stereocenters. The van der Waals surface area contributed by atoms with Crippen LogP contribution in [-0.4, -0.2) is 20.3 Å². The van der Waals surface area contributed by atoms with Gasteiger partial charge in [-0.05, 0) is 37.5 Å². The van der Waals surface area contributed by atoms with Gasteiger partial charge in [0.05, 0.1) is 5.60 Å². The molecule has 0 radical (unpaired) electrons. The summed E-state index contributed by atoms with van der Waals surface area (Å²) in [6, 6.07) is 0. The van der Waals surface area contributed by atoms with E-state index in [0.717, 1.165) is 56.3 Å². The molecule has 1 aliphatic carbocycles. The molecule has 1 aromatic heterocycles. The van der Waals surface area contributed by atoms with Gasteiger partial charge in [0.2, 0.25) is 0 Å². The van der Waals surface area contributed by atoms with E-state index in [1.165, 1.54) is 6.42 Å². The quantitative estimate of drug-likeness (QED) is 0.832. The standard InChI is InChI=1S/C17H30N2O/c1-4-11-19-12-10-18-16(19)13-17(20)8-5-6-15(7-9-17)14(2)3/h10,12,14-15,20H,4-9,11,13H2,1-3H3. The van der Waals surface area contributed by atoms with E-state index in [4.69, 9.17) is 0 Å². The number of hydrogen-bond donors (Lipinski definition) is 1. The van der Waals surface area contributed by atoms with Crippen LogP contribution in [-0.2, 0) is 13.0 Å². The Balaban J connectivity index is 2.01. The van der Waals surface area contributed by atoms with E-state index in [0.29, 0.717) is 6.42 Å². The molecule has 0 bridgehead atoms. The summed E-state index contributed by atoms with van der Waals surface area (Å²) in [6.07, 6.45) is 11.1. The number of nitrogens with zero attached hydrogens (tertiary/aromatic N) is 2. The Kier molecular flexibility index (Phi) is 5.25. The topological polar surface area (TPSA) is 38.0 Å². The number of aliphatic hydroxyl groups is 1. The fourth-order valence-electron chi connectivity index (χ4n) is 3.51. The van der Waals surface area contributed by atoms with E-state index < -0.39 is 5.60 Å². The molecule has 2 rings (SSSR count). The predicted octanol–water partition coefficient (Wildman–Crippen LogP) is 3.80. The van der Waals surface area contributed by atoms with Gasteiger partial charge in [-0.15, -0.1) is 0 Å². The summed E-state index contributed by atoms with van der Waals surface area (Å²) in [6.45, 7) is 7.80. The van der Waals surface area contributed by atoms with Crippen LogP contribution in [0, 0.1) is 11.8 Å². The fraction of sp³-hybridized carbons (Fsp3) is 0.824. The van der Waals surface area contributed by atoms with Crippen LogP contribution in [0.3, 0.4) is 0 Å². The van der Waals surface area contributed by atoms with Crippen LogP contribution in [0.1, 0.15) is 65.1 Å². The zero-order valence-electron chi connectivity index (χ0n) is 13.3. The molecule has 0 aliphatic heterocycles. The molecular weight excluding hydrogens is 248 g/mol. The maximum atomic E-state index is 11.0. The van der Waals surface area contributed by atoms with Gasteiger partial charge in [0.25, 0.3) is 0 Å². The molecule has 0 spiro atoms. The van der Waals surface area contributed by atoms with E-state index >= 15 is 0 Å². The van der Waals surface area contributed by atoms with Crippen LogP contribution in [0.4, 0.5) is 0 Å². The Labute approximate surface area is 123 Å². The Bertz CT molecular complexity index is 413. The average molecular weight is 278 g/mol. The molecule has 1 heterocycles. The molecule has 2 unspecified atom stereocenters. The maximum absolute atomic E-state index is 11.0. The van der Waals surface area contributed by atoms with Crippen molar-refractivity contribution >= 4 is 0 Å². The molecule has 1 saturated carbocycles.